The van der Waals surface area contributed by atoms with Crippen molar-refractivity contribution in [1.29, 1.82) is 0 Å². The van der Waals surface area contributed by atoms with E-state index in [-0.39, 0.29) is 5.91 Å². The Morgan fingerprint density at radius 1 is 1.60 bits per heavy atom. The van der Waals surface area contributed by atoms with Crippen LogP contribution in [0.4, 0.5) is 0 Å². The molecule has 3 nitrogen and oxygen atoms in total. The minimum absolute atomic E-state index is 0.214. The highest BCUT2D eigenvalue weighted by molar-refractivity contribution is 14.1. The number of carbonyl (C=O) groups excluding carboxylic acids is 1. The van der Waals surface area contributed by atoms with Crippen LogP contribution < -0.4 is 0 Å². The van der Waals surface area contributed by atoms with Crippen molar-refractivity contribution in [2.75, 3.05) is 0 Å². The quantitative estimate of drug-likeness (QED) is 0.275. The second kappa shape index (κ2) is 5.91. The van der Waals surface area contributed by atoms with E-state index in [4.69, 9.17) is 5.21 Å². The van der Waals surface area contributed by atoms with E-state index >= 15 is 0 Å². The van der Waals surface area contributed by atoms with Crippen LogP contribution in [0.5, 0.6) is 0 Å². The summed E-state index contributed by atoms with van der Waals surface area (Å²) in [7, 11) is 0. The van der Waals surface area contributed by atoms with Crippen molar-refractivity contribution in [3.8, 4) is 0 Å². The summed E-state index contributed by atoms with van der Waals surface area (Å²) in [6, 6.07) is 0. The van der Waals surface area contributed by atoms with Gasteiger partial charge in [0.05, 0.1) is 22.9 Å². The maximum absolute atomic E-state index is 10.7. The second-order valence-corrected chi connectivity index (χ2v) is 3.02. The molecule has 0 aliphatic carbocycles. The zero-order valence-electron chi connectivity index (χ0n) is 6.01. The van der Waals surface area contributed by atoms with Gasteiger partial charge >= 0.3 is 0 Å². The molecule has 0 rings (SSSR count). The van der Waals surface area contributed by atoms with Gasteiger partial charge in [0.15, 0.2) is 0 Å². The molecular weight excluding hydrogens is 245 g/mol. The van der Waals surface area contributed by atoms with Crippen molar-refractivity contribution in [2.24, 2.45) is 0 Å². The van der Waals surface area contributed by atoms with Gasteiger partial charge in [-0.1, -0.05) is 19.8 Å². The molecule has 0 unspecified atom stereocenters. The lowest BCUT2D eigenvalue weighted by molar-refractivity contribution is -0.141. The smallest absolute Gasteiger partial charge is 0.255 e. The summed E-state index contributed by atoms with van der Waals surface area (Å²) in [5, 5.41) is 8.59. The number of hydrogen-bond donors (Lipinski definition) is 1. The van der Waals surface area contributed by atoms with Gasteiger partial charge in [-0.15, -0.1) is 0 Å². The van der Waals surface area contributed by atoms with E-state index in [1.54, 1.807) is 22.9 Å². The third-order valence-corrected chi connectivity index (χ3v) is 1.74. The molecule has 4 heteroatoms. The molecule has 10 heavy (non-hydrogen) atoms. The van der Waals surface area contributed by atoms with Crippen LogP contribution in [0.1, 0.15) is 32.6 Å². The SMILES string of the molecule is CCCCCC(=O)N(O)I. The Morgan fingerprint density at radius 3 is 2.60 bits per heavy atom. The van der Waals surface area contributed by atoms with Gasteiger partial charge in [-0.2, -0.15) is 3.28 Å². The van der Waals surface area contributed by atoms with Crippen LogP contribution in [0.25, 0.3) is 0 Å². The zero-order valence-corrected chi connectivity index (χ0v) is 8.17. The summed E-state index contributed by atoms with van der Waals surface area (Å²) in [5.74, 6) is -0.214. The Kier molecular flexibility index (Phi) is 6.00. The molecule has 0 spiro atoms. The molecule has 0 aromatic carbocycles. The molecule has 0 aliphatic rings. The van der Waals surface area contributed by atoms with E-state index in [2.05, 4.69) is 6.92 Å². The molecule has 0 radical (unpaired) electrons. The third kappa shape index (κ3) is 4.99. The van der Waals surface area contributed by atoms with Crippen molar-refractivity contribution in [1.82, 2.24) is 3.28 Å². The van der Waals surface area contributed by atoms with E-state index in [1.807, 2.05) is 0 Å². The first-order valence-corrected chi connectivity index (χ1v) is 4.32. The summed E-state index contributed by atoms with van der Waals surface area (Å²) in [6.45, 7) is 2.07. The van der Waals surface area contributed by atoms with Gasteiger partial charge in [0, 0.05) is 6.42 Å². The molecule has 1 amide bonds. The van der Waals surface area contributed by atoms with Gasteiger partial charge in [0.1, 0.15) is 0 Å². The predicted octanol–water partition coefficient (Wildman–Crippen LogP) is 2.13. The van der Waals surface area contributed by atoms with E-state index in [0.717, 1.165) is 19.3 Å². The van der Waals surface area contributed by atoms with Gasteiger partial charge in [0.2, 0.25) is 0 Å². The maximum Gasteiger partial charge on any atom is 0.255 e. The van der Waals surface area contributed by atoms with Crippen molar-refractivity contribution in [3.63, 3.8) is 0 Å². The highest BCUT2D eigenvalue weighted by Gasteiger charge is 2.04. The minimum Gasteiger partial charge on any atom is -0.276 e. The lowest BCUT2D eigenvalue weighted by Gasteiger charge is -2.03. The number of hydrogen-bond acceptors (Lipinski definition) is 2. The summed E-state index contributed by atoms with van der Waals surface area (Å²) < 4.78 is 0.618. The Balaban J connectivity index is 3.22. The zero-order chi connectivity index (χ0) is 7.98. The maximum atomic E-state index is 10.7. The number of unbranched alkanes of at least 4 members (excludes halogenated alkanes) is 2. The van der Waals surface area contributed by atoms with Gasteiger partial charge in [-0.05, 0) is 6.42 Å². The number of halogens is 1. The van der Waals surface area contributed by atoms with Crippen molar-refractivity contribution in [3.05, 3.63) is 0 Å². The molecule has 0 atom stereocenters. The summed E-state index contributed by atoms with van der Waals surface area (Å²) in [5.41, 5.74) is 0. The second-order valence-electron chi connectivity index (χ2n) is 2.11. The molecule has 0 fully saturated rings. The molecule has 0 heterocycles. The van der Waals surface area contributed by atoms with E-state index in [1.165, 1.54) is 0 Å². The number of carbonyl (C=O) groups is 1. The minimum atomic E-state index is -0.214. The van der Waals surface area contributed by atoms with Crippen LogP contribution in [0.15, 0.2) is 0 Å². The number of rotatable bonds is 4. The normalized spacial score (nSPS) is 9.50. The van der Waals surface area contributed by atoms with Crippen LogP contribution in [-0.2, 0) is 4.79 Å². The molecule has 0 saturated carbocycles. The fraction of sp³-hybridized carbons (Fsp3) is 0.833. The van der Waals surface area contributed by atoms with Crippen molar-refractivity contribution >= 4 is 28.8 Å². The Hall–Kier alpha value is 0.160. The molecule has 0 bridgehead atoms. The number of nitrogens with zero attached hydrogens (tertiary/aromatic N) is 1. The standard InChI is InChI=1S/C6H12INO2/c1-2-3-4-5-6(9)8(7)10/h10H,2-5H2,1H3. The largest absolute Gasteiger partial charge is 0.276 e. The highest BCUT2D eigenvalue weighted by atomic mass is 127. The van der Waals surface area contributed by atoms with E-state index in [9.17, 15) is 4.79 Å². The molecular formula is C6H12INO2. The van der Waals surface area contributed by atoms with Gasteiger partial charge in [-0.25, -0.2) is 0 Å². The lowest BCUT2D eigenvalue weighted by atomic mass is 10.2. The van der Waals surface area contributed by atoms with Crippen molar-refractivity contribution in [2.45, 2.75) is 32.6 Å². The average Bonchev–Trinajstić information content (AvgIpc) is 1.88. The first kappa shape index (κ1) is 10.2. The van der Waals surface area contributed by atoms with Gasteiger partial charge < -0.3 is 0 Å². The number of hydroxylamine groups is 1. The van der Waals surface area contributed by atoms with Crippen LogP contribution in [-0.4, -0.2) is 14.4 Å². The van der Waals surface area contributed by atoms with E-state index in [0.29, 0.717) is 9.70 Å². The first-order chi connectivity index (χ1) is 4.68. The molecule has 60 valence electrons. The van der Waals surface area contributed by atoms with Gasteiger partial charge in [0.25, 0.3) is 5.91 Å². The summed E-state index contributed by atoms with van der Waals surface area (Å²) >= 11 is 1.56. The molecule has 0 aromatic rings. The van der Waals surface area contributed by atoms with Crippen molar-refractivity contribution < 1.29 is 10.0 Å². The van der Waals surface area contributed by atoms with E-state index < -0.39 is 0 Å². The highest BCUT2D eigenvalue weighted by Crippen LogP contribution is 2.03. The van der Waals surface area contributed by atoms with Gasteiger partial charge in [-0.3, -0.25) is 10.0 Å². The molecule has 0 aliphatic heterocycles. The Bertz CT molecular complexity index is 106. The Morgan fingerprint density at radius 2 is 2.20 bits per heavy atom. The van der Waals surface area contributed by atoms with Crippen LogP contribution in [0, 0.1) is 0 Å². The lowest BCUT2D eigenvalue weighted by Crippen LogP contribution is -2.15. The summed E-state index contributed by atoms with van der Waals surface area (Å²) in [4.78, 5) is 10.7. The van der Waals surface area contributed by atoms with Crippen LogP contribution in [0.3, 0.4) is 0 Å². The molecule has 0 aromatic heterocycles. The first-order valence-electron chi connectivity index (χ1n) is 3.36. The molecule has 0 saturated heterocycles. The third-order valence-electron chi connectivity index (χ3n) is 1.20. The summed E-state index contributed by atoms with van der Waals surface area (Å²) in [6.07, 6.45) is 3.47. The fourth-order valence-electron chi connectivity index (χ4n) is 0.618. The fourth-order valence-corrected chi connectivity index (χ4v) is 0.860. The average molecular weight is 257 g/mol. The number of amides is 1. The molecule has 1 N–H and O–H groups in total. The Labute approximate surface area is 74.9 Å². The van der Waals surface area contributed by atoms with Crippen LogP contribution in [0.2, 0.25) is 0 Å². The monoisotopic (exact) mass is 257 g/mol. The van der Waals surface area contributed by atoms with Crippen LogP contribution >= 0.6 is 22.9 Å². The topological polar surface area (TPSA) is 40.5 Å². The predicted molar refractivity (Wildman–Crippen MR) is 46.8 cm³/mol.